The van der Waals surface area contributed by atoms with Gasteiger partial charge in [-0.15, -0.1) is 0 Å². The molecule has 1 aromatic heterocycles. The van der Waals surface area contributed by atoms with Gasteiger partial charge in [0.05, 0.1) is 27.8 Å². The molecular weight excluding hydrogens is 425 g/mol. The minimum absolute atomic E-state index is 0.135. The molecule has 0 saturated heterocycles. The standard InChI is InChI=1S/C18H10Cl3N5O2/c19-13-4-3-11(6-14(13)20)26-16(27)12-2-1-5-25(15(12)24-18(26)28)9-10-7-22-17(21)23-8-10/h1-8H,9H2. The van der Waals surface area contributed by atoms with E-state index in [2.05, 4.69) is 15.0 Å². The van der Waals surface area contributed by atoms with E-state index in [4.69, 9.17) is 34.8 Å². The van der Waals surface area contributed by atoms with E-state index in [0.717, 1.165) is 10.1 Å². The van der Waals surface area contributed by atoms with Gasteiger partial charge in [0.1, 0.15) is 0 Å². The Balaban J connectivity index is 1.87. The van der Waals surface area contributed by atoms with Crippen molar-refractivity contribution in [1.82, 2.24) is 24.1 Å². The average Bonchev–Trinajstić information content (AvgIpc) is 2.67. The fourth-order valence-electron chi connectivity index (χ4n) is 2.78. The van der Waals surface area contributed by atoms with Crippen molar-refractivity contribution in [3.8, 4) is 17.1 Å². The van der Waals surface area contributed by atoms with Gasteiger partial charge in [-0.1, -0.05) is 23.2 Å². The summed E-state index contributed by atoms with van der Waals surface area (Å²) in [5.74, 6) is 0.253. The summed E-state index contributed by atoms with van der Waals surface area (Å²) < 4.78 is 2.63. The SMILES string of the molecule is O=c1nc2n(Cc3cnc(Cl)nc3)cccc-2c(=O)n1-c1ccc(Cl)c(Cl)c1. The van der Waals surface area contributed by atoms with Crippen LogP contribution in [0, 0.1) is 0 Å². The first-order valence-corrected chi connectivity index (χ1v) is 9.11. The lowest BCUT2D eigenvalue weighted by Gasteiger charge is -2.15. The third-order valence-corrected chi connectivity index (χ3v) is 4.99. The van der Waals surface area contributed by atoms with E-state index in [1.165, 1.54) is 18.2 Å². The fourth-order valence-corrected chi connectivity index (χ4v) is 3.17. The first kappa shape index (κ1) is 18.6. The van der Waals surface area contributed by atoms with Crippen molar-refractivity contribution in [1.29, 1.82) is 0 Å². The summed E-state index contributed by atoms with van der Waals surface area (Å²) in [6, 6.07) is 7.80. The molecule has 2 aromatic rings. The summed E-state index contributed by atoms with van der Waals surface area (Å²) in [5, 5.41) is 0.690. The lowest BCUT2D eigenvalue weighted by molar-refractivity contribution is 0.747. The molecule has 28 heavy (non-hydrogen) atoms. The van der Waals surface area contributed by atoms with Crippen LogP contribution in [-0.4, -0.2) is 24.1 Å². The Morgan fingerprint density at radius 2 is 1.71 bits per heavy atom. The molecule has 7 nitrogen and oxygen atoms in total. The van der Waals surface area contributed by atoms with Crippen molar-refractivity contribution in [2.24, 2.45) is 0 Å². The van der Waals surface area contributed by atoms with Gasteiger partial charge in [0.15, 0.2) is 5.82 Å². The van der Waals surface area contributed by atoms with Gasteiger partial charge in [-0.25, -0.2) is 19.3 Å². The van der Waals surface area contributed by atoms with E-state index < -0.39 is 11.2 Å². The van der Waals surface area contributed by atoms with Crippen LogP contribution in [0.4, 0.5) is 0 Å². The summed E-state index contributed by atoms with van der Waals surface area (Å²) >= 11 is 17.6. The highest BCUT2D eigenvalue weighted by atomic mass is 35.5. The molecule has 1 aromatic carbocycles. The Labute approximate surface area is 173 Å². The quantitative estimate of drug-likeness (QED) is 0.462. The molecule has 2 aliphatic heterocycles. The maximum atomic E-state index is 13.0. The number of halogens is 3. The van der Waals surface area contributed by atoms with Crippen molar-refractivity contribution in [2.45, 2.75) is 6.54 Å². The normalized spacial score (nSPS) is 11.1. The smallest absolute Gasteiger partial charge is 0.328 e. The summed E-state index contributed by atoms with van der Waals surface area (Å²) in [5.41, 5.74) is 0.0893. The van der Waals surface area contributed by atoms with E-state index in [9.17, 15) is 9.59 Å². The van der Waals surface area contributed by atoms with Crippen LogP contribution in [0.2, 0.25) is 15.3 Å². The van der Waals surface area contributed by atoms with E-state index >= 15 is 0 Å². The fraction of sp³-hybridized carbons (Fsp3) is 0.0556. The molecule has 0 radical (unpaired) electrons. The number of fused-ring (bicyclic) bond motifs is 1. The number of rotatable bonds is 3. The van der Waals surface area contributed by atoms with Crippen molar-refractivity contribution in [3.05, 3.63) is 90.7 Å². The molecule has 3 heterocycles. The van der Waals surface area contributed by atoms with Crippen LogP contribution in [0.1, 0.15) is 5.56 Å². The number of nitrogens with zero attached hydrogens (tertiary/aromatic N) is 5. The molecule has 0 fully saturated rings. The number of hydrogen-bond acceptors (Lipinski definition) is 5. The molecule has 0 spiro atoms. The number of benzene rings is 1. The Bertz CT molecular complexity index is 1270. The molecule has 10 heteroatoms. The maximum absolute atomic E-state index is 13.0. The summed E-state index contributed by atoms with van der Waals surface area (Å²) in [4.78, 5) is 37.6. The Kier molecular flexibility index (Phi) is 4.89. The van der Waals surface area contributed by atoms with E-state index in [1.54, 1.807) is 35.3 Å². The highest BCUT2D eigenvalue weighted by molar-refractivity contribution is 6.42. The van der Waals surface area contributed by atoms with Gasteiger partial charge < -0.3 is 4.57 Å². The lowest BCUT2D eigenvalue weighted by atomic mass is 10.2. The number of hydrogen-bond donors (Lipinski definition) is 0. The van der Waals surface area contributed by atoms with Crippen LogP contribution in [0.5, 0.6) is 0 Å². The van der Waals surface area contributed by atoms with Gasteiger partial charge in [-0.3, -0.25) is 4.79 Å². The van der Waals surface area contributed by atoms with Crippen molar-refractivity contribution in [2.75, 3.05) is 0 Å². The van der Waals surface area contributed by atoms with E-state index in [-0.39, 0.29) is 21.7 Å². The van der Waals surface area contributed by atoms with Crippen LogP contribution in [0.15, 0.2) is 58.5 Å². The second kappa shape index (κ2) is 7.35. The zero-order valence-corrected chi connectivity index (χ0v) is 16.3. The van der Waals surface area contributed by atoms with Crippen molar-refractivity contribution < 1.29 is 0 Å². The molecule has 0 saturated carbocycles. The van der Waals surface area contributed by atoms with Crippen molar-refractivity contribution in [3.63, 3.8) is 0 Å². The molecule has 140 valence electrons. The largest absolute Gasteiger partial charge is 0.357 e. The molecule has 0 aliphatic carbocycles. The second-order valence-corrected chi connectivity index (χ2v) is 7.02. The third-order valence-electron chi connectivity index (χ3n) is 4.06. The Morgan fingerprint density at radius 3 is 2.43 bits per heavy atom. The van der Waals surface area contributed by atoms with Gasteiger partial charge >= 0.3 is 5.69 Å². The predicted molar refractivity (Wildman–Crippen MR) is 107 cm³/mol. The van der Waals surface area contributed by atoms with Gasteiger partial charge in [0, 0.05) is 24.2 Å². The van der Waals surface area contributed by atoms with Gasteiger partial charge in [0.2, 0.25) is 5.28 Å². The average molecular weight is 435 g/mol. The highest BCUT2D eigenvalue weighted by Crippen LogP contribution is 2.24. The van der Waals surface area contributed by atoms with Crippen LogP contribution in [-0.2, 0) is 6.54 Å². The Morgan fingerprint density at radius 1 is 0.964 bits per heavy atom. The van der Waals surface area contributed by atoms with Gasteiger partial charge in [0.25, 0.3) is 5.56 Å². The van der Waals surface area contributed by atoms with Gasteiger partial charge in [-0.2, -0.15) is 4.98 Å². The molecule has 0 unspecified atom stereocenters. The molecule has 0 N–H and O–H groups in total. The molecule has 2 aliphatic rings. The zero-order valence-electron chi connectivity index (χ0n) is 14.0. The molecule has 4 rings (SSSR count). The summed E-state index contributed by atoms with van der Waals surface area (Å²) in [6.07, 6.45) is 4.85. The Hall–Kier alpha value is -2.74. The van der Waals surface area contributed by atoms with Crippen LogP contribution >= 0.6 is 34.8 Å². The van der Waals surface area contributed by atoms with E-state index in [0.29, 0.717) is 17.3 Å². The molecular formula is C18H10Cl3N5O2. The lowest BCUT2D eigenvalue weighted by Crippen LogP contribution is -2.36. The highest BCUT2D eigenvalue weighted by Gasteiger charge is 2.18. The topological polar surface area (TPSA) is 82.7 Å². The maximum Gasteiger partial charge on any atom is 0.357 e. The molecule has 0 amide bonds. The zero-order chi connectivity index (χ0) is 19.8. The predicted octanol–water partition coefficient (Wildman–Crippen LogP) is 3.30. The summed E-state index contributed by atoms with van der Waals surface area (Å²) in [6.45, 7) is 0.317. The minimum atomic E-state index is -0.719. The monoisotopic (exact) mass is 433 g/mol. The molecule has 0 bridgehead atoms. The first-order valence-electron chi connectivity index (χ1n) is 7.98. The first-order chi connectivity index (χ1) is 13.4. The van der Waals surface area contributed by atoms with Crippen LogP contribution in [0.25, 0.3) is 17.1 Å². The van der Waals surface area contributed by atoms with Gasteiger partial charge in [-0.05, 0) is 41.9 Å². The van der Waals surface area contributed by atoms with Crippen LogP contribution < -0.4 is 11.2 Å². The molecule has 0 atom stereocenters. The van der Waals surface area contributed by atoms with E-state index in [1.807, 2.05) is 0 Å². The van der Waals surface area contributed by atoms with Crippen molar-refractivity contribution >= 4 is 34.8 Å². The number of pyridine rings is 1. The van der Waals surface area contributed by atoms with Crippen LogP contribution in [0.3, 0.4) is 0 Å². The third kappa shape index (κ3) is 3.40. The number of aromatic nitrogens is 5. The minimum Gasteiger partial charge on any atom is -0.328 e. The summed E-state index contributed by atoms with van der Waals surface area (Å²) in [7, 11) is 0. The second-order valence-electron chi connectivity index (χ2n) is 5.87.